The van der Waals surface area contributed by atoms with E-state index in [1.165, 1.54) is 24.8 Å². The van der Waals surface area contributed by atoms with Crippen LogP contribution in [-0.4, -0.2) is 11.9 Å². The van der Waals surface area contributed by atoms with Crippen LogP contribution >= 0.6 is 15.9 Å². The minimum absolute atomic E-state index is 0.406. The van der Waals surface area contributed by atoms with E-state index in [1.54, 1.807) is 0 Å². The largest absolute Gasteiger partial charge is 0.493 e. The zero-order chi connectivity index (χ0) is 10.7. The molecule has 0 unspecified atom stereocenters. The lowest BCUT2D eigenvalue weighted by atomic mass is 9.71. The van der Waals surface area contributed by atoms with E-state index in [0.717, 1.165) is 17.7 Å². The van der Waals surface area contributed by atoms with E-state index < -0.39 is 0 Å². The van der Waals surface area contributed by atoms with Gasteiger partial charge in [-0.05, 0) is 37.5 Å². The van der Waals surface area contributed by atoms with E-state index in [2.05, 4.69) is 35.0 Å². The van der Waals surface area contributed by atoms with Crippen molar-refractivity contribution in [3.63, 3.8) is 0 Å². The second-order valence-corrected chi connectivity index (χ2v) is 5.15. The van der Waals surface area contributed by atoms with Gasteiger partial charge in [-0.1, -0.05) is 34.5 Å². The average molecular weight is 269 g/mol. The lowest BCUT2D eigenvalue weighted by Crippen LogP contribution is -2.37. The third kappa shape index (κ3) is 2.54. The van der Waals surface area contributed by atoms with Gasteiger partial charge in [-0.25, -0.2) is 0 Å². The lowest BCUT2D eigenvalue weighted by molar-refractivity contribution is 0.0838. The zero-order valence-electron chi connectivity index (χ0n) is 9.13. The van der Waals surface area contributed by atoms with Crippen molar-refractivity contribution >= 4 is 15.9 Å². The molecular formula is C13H17BrO. The molecule has 1 nitrogen and oxygen atoms in total. The smallest absolute Gasteiger partial charge is 0.119 e. The summed E-state index contributed by atoms with van der Waals surface area (Å²) in [6.07, 6.45) is 3.94. The van der Waals surface area contributed by atoms with Gasteiger partial charge in [0.25, 0.3) is 0 Å². The van der Waals surface area contributed by atoms with Crippen molar-refractivity contribution in [3.8, 4) is 5.75 Å². The number of aryl methyl sites for hydroxylation is 1. The van der Waals surface area contributed by atoms with E-state index in [9.17, 15) is 0 Å². The van der Waals surface area contributed by atoms with Crippen molar-refractivity contribution in [2.24, 2.45) is 5.41 Å². The molecular weight excluding hydrogens is 252 g/mol. The number of alkyl halides is 1. The maximum atomic E-state index is 5.86. The molecule has 0 N–H and O–H groups in total. The number of ether oxygens (including phenoxy) is 1. The van der Waals surface area contributed by atoms with Gasteiger partial charge in [-0.15, -0.1) is 0 Å². The summed E-state index contributed by atoms with van der Waals surface area (Å²) in [5.74, 6) is 1.00. The number of hydrogen-bond donors (Lipinski definition) is 0. The number of rotatable bonds is 4. The molecule has 1 fully saturated rings. The molecule has 2 rings (SSSR count). The summed E-state index contributed by atoms with van der Waals surface area (Å²) in [5, 5.41) is 1.06. The first-order chi connectivity index (χ1) is 7.24. The van der Waals surface area contributed by atoms with Crippen molar-refractivity contribution in [2.75, 3.05) is 11.9 Å². The highest BCUT2D eigenvalue weighted by Gasteiger charge is 2.36. The fraction of sp³-hybridized carbons (Fsp3) is 0.538. The predicted octanol–water partition coefficient (Wildman–Crippen LogP) is 3.94. The highest BCUT2D eigenvalue weighted by molar-refractivity contribution is 9.09. The second-order valence-electron chi connectivity index (χ2n) is 4.59. The van der Waals surface area contributed by atoms with Crippen LogP contribution in [0.5, 0.6) is 5.75 Å². The van der Waals surface area contributed by atoms with Crippen LogP contribution in [-0.2, 0) is 0 Å². The highest BCUT2D eigenvalue weighted by atomic mass is 79.9. The molecule has 15 heavy (non-hydrogen) atoms. The Labute approximate surface area is 100.0 Å². The van der Waals surface area contributed by atoms with Gasteiger partial charge >= 0.3 is 0 Å². The van der Waals surface area contributed by atoms with Crippen molar-refractivity contribution in [3.05, 3.63) is 29.8 Å². The van der Waals surface area contributed by atoms with Gasteiger partial charge in [-0.3, -0.25) is 0 Å². The van der Waals surface area contributed by atoms with Gasteiger partial charge in [0.15, 0.2) is 0 Å². The van der Waals surface area contributed by atoms with E-state index in [4.69, 9.17) is 4.74 Å². The SMILES string of the molecule is Cc1cccc(OCC2(CBr)CCC2)c1. The van der Waals surface area contributed by atoms with Gasteiger partial charge in [0.05, 0.1) is 6.61 Å². The summed E-state index contributed by atoms with van der Waals surface area (Å²) < 4.78 is 5.86. The van der Waals surface area contributed by atoms with Crippen molar-refractivity contribution in [1.82, 2.24) is 0 Å². The molecule has 1 aliphatic carbocycles. The Morgan fingerprint density at radius 3 is 2.73 bits per heavy atom. The van der Waals surface area contributed by atoms with Crippen LogP contribution in [0.1, 0.15) is 24.8 Å². The van der Waals surface area contributed by atoms with Crippen LogP contribution in [0.4, 0.5) is 0 Å². The molecule has 1 saturated carbocycles. The van der Waals surface area contributed by atoms with Gasteiger partial charge in [0, 0.05) is 10.7 Å². The number of halogens is 1. The maximum Gasteiger partial charge on any atom is 0.119 e. The zero-order valence-corrected chi connectivity index (χ0v) is 10.7. The standard InChI is InChI=1S/C13H17BrO/c1-11-4-2-5-12(8-11)15-10-13(9-14)6-3-7-13/h2,4-5,8H,3,6-7,9-10H2,1H3. The molecule has 1 aromatic carbocycles. The quantitative estimate of drug-likeness (QED) is 0.752. The normalized spacial score (nSPS) is 18.3. The van der Waals surface area contributed by atoms with E-state index in [0.29, 0.717) is 5.41 Å². The first-order valence-corrected chi connectivity index (χ1v) is 6.62. The van der Waals surface area contributed by atoms with Gasteiger partial charge in [-0.2, -0.15) is 0 Å². The van der Waals surface area contributed by atoms with Crippen molar-refractivity contribution in [2.45, 2.75) is 26.2 Å². The Morgan fingerprint density at radius 2 is 2.20 bits per heavy atom. The Morgan fingerprint density at radius 1 is 1.40 bits per heavy atom. The van der Waals surface area contributed by atoms with Crippen LogP contribution in [0.3, 0.4) is 0 Å². The molecule has 0 amide bonds. The topological polar surface area (TPSA) is 9.23 Å². The van der Waals surface area contributed by atoms with E-state index in [-0.39, 0.29) is 0 Å². The van der Waals surface area contributed by atoms with Crippen molar-refractivity contribution < 1.29 is 4.74 Å². The summed E-state index contributed by atoms with van der Waals surface area (Å²) in [7, 11) is 0. The van der Waals surface area contributed by atoms with Crippen LogP contribution in [0, 0.1) is 12.3 Å². The molecule has 1 aliphatic rings. The highest BCUT2D eigenvalue weighted by Crippen LogP contribution is 2.42. The lowest BCUT2D eigenvalue weighted by Gasteiger charge is -2.39. The van der Waals surface area contributed by atoms with E-state index >= 15 is 0 Å². The molecule has 0 heterocycles. The molecule has 0 radical (unpaired) electrons. The minimum atomic E-state index is 0.406. The van der Waals surface area contributed by atoms with Crippen LogP contribution < -0.4 is 4.74 Å². The van der Waals surface area contributed by atoms with Gasteiger partial charge in [0.1, 0.15) is 5.75 Å². The molecule has 1 aromatic rings. The van der Waals surface area contributed by atoms with Crippen LogP contribution in [0.25, 0.3) is 0 Å². The summed E-state index contributed by atoms with van der Waals surface area (Å²) in [6, 6.07) is 8.27. The summed E-state index contributed by atoms with van der Waals surface area (Å²) in [6.45, 7) is 2.94. The van der Waals surface area contributed by atoms with Crippen molar-refractivity contribution in [1.29, 1.82) is 0 Å². The fourth-order valence-corrected chi connectivity index (χ4v) is 2.66. The number of hydrogen-bond acceptors (Lipinski definition) is 1. The molecule has 0 atom stereocenters. The minimum Gasteiger partial charge on any atom is -0.493 e. The van der Waals surface area contributed by atoms with E-state index in [1.807, 2.05) is 12.1 Å². The first-order valence-electron chi connectivity index (χ1n) is 5.50. The Bertz CT molecular complexity index is 326. The number of benzene rings is 1. The molecule has 2 heteroatoms. The molecule has 0 bridgehead atoms. The monoisotopic (exact) mass is 268 g/mol. The second kappa shape index (κ2) is 4.56. The predicted molar refractivity (Wildman–Crippen MR) is 66.8 cm³/mol. The Kier molecular flexibility index (Phi) is 3.35. The molecule has 0 aliphatic heterocycles. The molecule has 0 saturated heterocycles. The Hall–Kier alpha value is -0.500. The Balaban J connectivity index is 1.92. The fourth-order valence-electron chi connectivity index (χ4n) is 1.93. The van der Waals surface area contributed by atoms with Gasteiger partial charge in [0.2, 0.25) is 0 Å². The average Bonchev–Trinajstić information content (AvgIpc) is 2.17. The van der Waals surface area contributed by atoms with Crippen LogP contribution in [0.2, 0.25) is 0 Å². The third-order valence-corrected chi connectivity index (χ3v) is 4.42. The summed E-state index contributed by atoms with van der Waals surface area (Å²) >= 11 is 3.59. The first kappa shape index (κ1) is 11.0. The molecule has 82 valence electrons. The molecule has 0 spiro atoms. The third-order valence-electron chi connectivity index (χ3n) is 3.23. The molecule has 0 aromatic heterocycles. The summed E-state index contributed by atoms with van der Waals surface area (Å²) in [4.78, 5) is 0. The summed E-state index contributed by atoms with van der Waals surface area (Å²) in [5.41, 5.74) is 1.66. The van der Waals surface area contributed by atoms with Gasteiger partial charge < -0.3 is 4.74 Å². The maximum absolute atomic E-state index is 5.86. The van der Waals surface area contributed by atoms with Crippen LogP contribution in [0.15, 0.2) is 24.3 Å².